The molecule has 1 fully saturated rings. The molecule has 24 heavy (non-hydrogen) atoms. The summed E-state index contributed by atoms with van der Waals surface area (Å²) >= 11 is 6.15. The van der Waals surface area contributed by atoms with Gasteiger partial charge in [0.05, 0.1) is 37.2 Å². The monoisotopic (exact) mass is 350 g/mol. The SMILES string of the molecule is COc1cc(OC)c(NC(=O)N2CCC[C@H]2c2ccco2)cc1Cl. The Balaban J connectivity index is 1.80. The lowest BCUT2D eigenvalue weighted by molar-refractivity contribution is 0.199. The van der Waals surface area contributed by atoms with Crippen LogP contribution >= 0.6 is 11.6 Å². The Morgan fingerprint density at radius 2 is 2.12 bits per heavy atom. The maximum atomic E-state index is 12.7. The van der Waals surface area contributed by atoms with Crippen LogP contribution in [0.3, 0.4) is 0 Å². The van der Waals surface area contributed by atoms with Crippen molar-refractivity contribution in [2.45, 2.75) is 18.9 Å². The van der Waals surface area contributed by atoms with Gasteiger partial charge >= 0.3 is 6.03 Å². The van der Waals surface area contributed by atoms with Gasteiger partial charge in [-0.25, -0.2) is 4.79 Å². The van der Waals surface area contributed by atoms with Gasteiger partial charge in [0.1, 0.15) is 17.3 Å². The van der Waals surface area contributed by atoms with Crippen molar-refractivity contribution in [3.8, 4) is 11.5 Å². The fraction of sp³-hybridized carbons (Fsp3) is 0.353. The van der Waals surface area contributed by atoms with Crippen molar-refractivity contribution in [2.24, 2.45) is 0 Å². The number of hydrogen-bond donors (Lipinski definition) is 1. The van der Waals surface area contributed by atoms with Crippen LogP contribution < -0.4 is 14.8 Å². The molecule has 0 saturated carbocycles. The van der Waals surface area contributed by atoms with Gasteiger partial charge in [-0.05, 0) is 31.0 Å². The van der Waals surface area contributed by atoms with Crippen LogP contribution in [0.1, 0.15) is 24.6 Å². The fourth-order valence-corrected chi connectivity index (χ4v) is 3.17. The minimum absolute atomic E-state index is 0.0558. The highest BCUT2D eigenvalue weighted by atomic mass is 35.5. The van der Waals surface area contributed by atoms with Gasteiger partial charge in [0.2, 0.25) is 0 Å². The van der Waals surface area contributed by atoms with Crippen molar-refractivity contribution >= 4 is 23.3 Å². The molecule has 1 N–H and O–H groups in total. The van der Waals surface area contributed by atoms with Crippen molar-refractivity contribution in [3.05, 3.63) is 41.3 Å². The maximum absolute atomic E-state index is 12.7. The van der Waals surface area contributed by atoms with E-state index in [4.69, 9.17) is 25.5 Å². The number of carbonyl (C=O) groups excluding carboxylic acids is 1. The Morgan fingerprint density at radius 3 is 2.79 bits per heavy atom. The number of ether oxygens (including phenoxy) is 2. The molecule has 0 unspecified atom stereocenters. The van der Waals surface area contributed by atoms with Crippen LogP contribution in [0, 0.1) is 0 Å². The van der Waals surface area contributed by atoms with Crippen molar-refractivity contribution in [3.63, 3.8) is 0 Å². The highest BCUT2D eigenvalue weighted by Gasteiger charge is 2.32. The molecular formula is C17H19ClN2O4. The van der Waals surface area contributed by atoms with Crippen LogP contribution in [0.15, 0.2) is 34.9 Å². The van der Waals surface area contributed by atoms with Crippen molar-refractivity contribution in [1.29, 1.82) is 0 Å². The van der Waals surface area contributed by atoms with Gasteiger partial charge in [-0.3, -0.25) is 0 Å². The molecule has 6 nitrogen and oxygen atoms in total. The average Bonchev–Trinajstić information content (AvgIpc) is 3.26. The minimum Gasteiger partial charge on any atom is -0.495 e. The number of halogens is 1. The second kappa shape index (κ2) is 7.05. The van der Waals surface area contributed by atoms with Crippen LogP contribution in [0.5, 0.6) is 11.5 Å². The molecule has 1 aromatic carbocycles. The summed E-state index contributed by atoms with van der Waals surface area (Å²) in [6.45, 7) is 0.670. The number of benzene rings is 1. The highest BCUT2D eigenvalue weighted by molar-refractivity contribution is 6.32. The molecule has 128 valence electrons. The Labute approximate surface area is 145 Å². The molecule has 1 saturated heterocycles. The van der Waals surface area contributed by atoms with Crippen LogP contribution in [-0.4, -0.2) is 31.7 Å². The zero-order chi connectivity index (χ0) is 17.1. The van der Waals surface area contributed by atoms with Crippen LogP contribution in [0.4, 0.5) is 10.5 Å². The first-order chi connectivity index (χ1) is 11.6. The zero-order valence-corrected chi connectivity index (χ0v) is 14.3. The summed E-state index contributed by atoms with van der Waals surface area (Å²) < 4.78 is 15.9. The second-order valence-electron chi connectivity index (χ2n) is 5.48. The third-order valence-electron chi connectivity index (χ3n) is 4.10. The van der Waals surface area contributed by atoms with Gasteiger partial charge in [0.15, 0.2) is 0 Å². The number of rotatable bonds is 4. The van der Waals surface area contributed by atoms with E-state index in [1.807, 2.05) is 12.1 Å². The molecular weight excluding hydrogens is 332 g/mol. The molecule has 2 aromatic rings. The number of carbonyl (C=O) groups is 1. The summed E-state index contributed by atoms with van der Waals surface area (Å²) in [6.07, 6.45) is 3.43. The molecule has 0 bridgehead atoms. The summed E-state index contributed by atoms with van der Waals surface area (Å²) in [5.41, 5.74) is 0.499. The summed E-state index contributed by atoms with van der Waals surface area (Å²) in [6, 6.07) is 6.71. The Hall–Kier alpha value is -2.34. The zero-order valence-electron chi connectivity index (χ0n) is 13.5. The summed E-state index contributed by atoms with van der Waals surface area (Å²) in [5.74, 6) is 1.77. The van der Waals surface area contributed by atoms with E-state index in [9.17, 15) is 4.79 Å². The largest absolute Gasteiger partial charge is 0.495 e. The molecule has 1 aliphatic rings. The lowest BCUT2D eigenvalue weighted by Gasteiger charge is -2.24. The number of furan rings is 1. The smallest absolute Gasteiger partial charge is 0.322 e. The van der Waals surface area contributed by atoms with Gasteiger partial charge in [0.25, 0.3) is 0 Å². The predicted molar refractivity (Wildman–Crippen MR) is 91.0 cm³/mol. The molecule has 2 heterocycles. The van der Waals surface area contributed by atoms with E-state index in [0.29, 0.717) is 28.8 Å². The number of amides is 2. The molecule has 0 spiro atoms. The first-order valence-electron chi connectivity index (χ1n) is 7.66. The number of anilines is 1. The van der Waals surface area contributed by atoms with Gasteiger partial charge in [-0.2, -0.15) is 0 Å². The molecule has 0 radical (unpaired) electrons. The standard InChI is InChI=1S/C17H19ClN2O4/c1-22-15-10-16(23-2)12(9-11(15)18)19-17(21)20-7-3-5-13(20)14-6-4-8-24-14/h4,6,8-10,13H,3,5,7H2,1-2H3,(H,19,21)/t13-/m0/s1. The molecule has 3 rings (SSSR count). The number of methoxy groups -OCH3 is 2. The average molecular weight is 351 g/mol. The lowest BCUT2D eigenvalue weighted by atomic mass is 10.2. The topological polar surface area (TPSA) is 63.9 Å². The molecule has 2 amide bonds. The Morgan fingerprint density at radius 1 is 1.33 bits per heavy atom. The van der Waals surface area contributed by atoms with Gasteiger partial charge in [-0.15, -0.1) is 0 Å². The summed E-state index contributed by atoms with van der Waals surface area (Å²) in [4.78, 5) is 14.5. The van der Waals surface area contributed by atoms with Crippen LogP contribution in [-0.2, 0) is 0 Å². The minimum atomic E-state index is -0.214. The summed E-state index contributed by atoms with van der Waals surface area (Å²) in [5, 5.41) is 3.27. The Kier molecular flexibility index (Phi) is 4.85. The van der Waals surface area contributed by atoms with E-state index < -0.39 is 0 Å². The number of hydrogen-bond acceptors (Lipinski definition) is 4. The lowest BCUT2D eigenvalue weighted by Crippen LogP contribution is -2.34. The van der Waals surface area contributed by atoms with Crippen LogP contribution in [0.2, 0.25) is 5.02 Å². The van der Waals surface area contributed by atoms with Crippen molar-refractivity contribution in [1.82, 2.24) is 4.90 Å². The van der Waals surface area contributed by atoms with E-state index in [-0.39, 0.29) is 12.1 Å². The third kappa shape index (κ3) is 3.14. The maximum Gasteiger partial charge on any atom is 0.322 e. The fourth-order valence-electron chi connectivity index (χ4n) is 2.93. The number of likely N-dealkylation sites (tertiary alicyclic amines) is 1. The number of urea groups is 1. The van der Waals surface area contributed by atoms with Crippen LogP contribution in [0.25, 0.3) is 0 Å². The van der Waals surface area contributed by atoms with E-state index >= 15 is 0 Å². The normalized spacial score (nSPS) is 17.0. The van der Waals surface area contributed by atoms with E-state index in [1.165, 1.54) is 14.2 Å². The van der Waals surface area contributed by atoms with Crippen molar-refractivity contribution < 1.29 is 18.7 Å². The van der Waals surface area contributed by atoms with E-state index in [0.717, 1.165) is 18.6 Å². The van der Waals surface area contributed by atoms with Crippen molar-refractivity contribution in [2.75, 3.05) is 26.1 Å². The number of nitrogens with one attached hydrogen (secondary N) is 1. The molecule has 7 heteroatoms. The predicted octanol–water partition coefficient (Wildman–Crippen LogP) is 4.32. The molecule has 0 aliphatic carbocycles. The third-order valence-corrected chi connectivity index (χ3v) is 4.40. The van der Waals surface area contributed by atoms with Gasteiger partial charge in [0, 0.05) is 12.6 Å². The Bertz CT molecular complexity index is 718. The first-order valence-corrected chi connectivity index (χ1v) is 8.04. The molecule has 1 aliphatic heterocycles. The van der Waals surface area contributed by atoms with E-state index in [2.05, 4.69) is 5.32 Å². The molecule has 1 atom stereocenters. The van der Waals surface area contributed by atoms with E-state index in [1.54, 1.807) is 23.3 Å². The van der Waals surface area contributed by atoms with Gasteiger partial charge < -0.3 is 24.1 Å². The van der Waals surface area contributed by atoms with Gasteiger partial charge in [-0.1, -0.05) is 11.6 Å². The summed E-state index contributed by atoms with van der Waals surface area (Å²) in [7, 11) is 3.05. The quantitative estimate of drug-likeness (QED) is 0.891. The second-order valence-corrected chi connectivity index (χ2v) is 5.89. The number of nitrogens with zero attached hydrogens (tertiary/aromatic N) is 1. The molecule has 1 aromatic heterocycles. The highest BCUT2D eigenvalue weighted by Crippen LogP contribution is 2.37. The first kappa shape index (κ1) is 16.5.